The first kappa shape index (κ1) is 14.0. The largest absolute Gasteiger partial charge is 0.478 e. The molecule has 0 radical (unpaired) electrons. The normalized spacial score (nSPS) is 10.7. The number of carboxylic acids is 1. The lowest BCUT2D eigenvalue weighted by atomic mass is 10.1. The van der Waals surface area contributed by atoms with Crippen molar-refractivity contribution < 1.29 is 9.90 Å². The molecule has 0 bridgehead atoms. The van der Waals surface area contributed by atoms with Crippen LogP contribution in [-0.4, -0.2) is 26.0 Å². The third-order valence-electron chi connectivity index (χ3n) is 2.76. The number of aromatic nitrogens is 3. The average molecular weight is 362 g/mol. The van der Waals surface area contributed by atoms with Gasteiger partial charge in [0.1, 0.15) is 16.4 Å². The van der Waals surface area contributed by atoms with Crippen molar-refractivity contribution in [3.05, 3.63) is 52.9 Å². The molecule has 0 saturated heterocycles. The van der Waals surface area contributed by atoms with Gasteiger partial charge in [0.05, 0.1) is 15.6 Å². The average Bonchev–Trinajstić information content (AvgIpc) is 2.49. The summed E-state index contributed by atoms with van der Waals surface area (Å²) in [6.45, 7) is 0. The van der Waals surface area contributed by atoms with E-state index in [1.807, 2.05) is 12.1 Å². The van der Waals surface area contributed by atoms with E-state index < -0.39 is 5.97 Å². The second-order valence-electron chi connectivity index (χ2n) is 4.11. The van der Waals surface area contributed by atoms with Gasteiger partial charge in [0, 0.05) is 11.6 Å². The zero-order valence-electron chi connectivity index (χ0n) is 10.5. The van der Waals surface area contributed by atoms with Crippen LogP contribution in [0.1, 0.15) is 10.4 Å². The van der Waals surface area contributed by atoms with E-state index in [4.69, 9.17) is 5.11 Å². The second kappa shape index (κ2) is 5.79. The Hall–Kier alpha value is -1.99. The van der Waals surface area contributed by atoms with Gasteiger partial charge in [-0.3, -0.25) is 0 Å². The van der Waals surface area contributed by atoms with Crippen molar-refractivity contribution in [3.63, 3.8) is 0 Å². The number of benzene rings is 1. The number of aromatic carboxylic acids is 1. The van der Waals surface area contributed by atoms with Crippen LogP contribution in [0.5, 0.6) is 0 Å². The Bertz CT molecular complexity index is 841. The summed E-state index contributed by atoms with van der Waals surface area (Å²) in [6, 6.07) is 8.55. The fourth-order valence-corrected chi connectivity index (χ4v) is 3.13. The minimum absolute atomic E-state index is 0.205. The van der Waals surface area contributed by atoms with E-state index in [2.05, 4.69) is 30.9 Å². The van der Waals surface area contributed by atoms with Crippen LogP contribution >= 0.6 is 27.7 Å². The molecule has 2 heterocycles. The van der Waals surface area contributed by atoms with Crippen molar-refractivity contribution in [1.82, 2.24) is 15.0 Å². The van der Waals surface area contributed by atoms with Crippen LogP contribution in [0.25, 0.3) is 10.9 Å². The molecular weight excluding hydrogens is 354 g/mol. The lowest BCUT2D eigenvalue weighted by molar-refractivity contribution is 0.0697. The van der Waals surface area contributed by atoms with Gasteiger partial charge in [-0.15, -0.1) is 0 Å². The molecule has 0 spiro atoms. The standard InChI is InChI=1S/C14H8BrN3O2S/c15-10-2-1-5-16-13(10)21-12-9-4-3-8(14(19)20)6-11(9)17-7-18-12/h1-7H,(H,19,20). The number of nitrogens with zero attached hydrogens (tertiary/aromatic N) is 3. The molecule has 21 heavy (non-hydrogen) atoms. The van der Waals surface area contributed by atoms with Crippen molar-refractivity contribution in [1.29, 1.82) is 0 Å². The lowest BCUT2D eigenvalue weighted by Crippen LogP contribution is -1.97. The Morgan fingerprint density at radius 1 is 1.14 bits per heavy atom. The Morgan fingerprint density at radius 3 is 2.76 bits per heavy atom. The summed E-state index contributed by atoms with van der Waals surface area (Å²) in [6.07, 6.45) is 3.13. The molecule has 2 aromatic heterocycles. The highest BCUT2D eigenvalue weighted by atomic mass is 79.9. The van der Waals surface area contributed by atoms with Gasteiger partial charge in [-0.2, -0.15) is 0 Å². The number of rotatable bonds is 3. The topological polar surface area (TPSA) is 76.0 Å². The molecule has 0 aliphatic rings. The van der Waals surface area contributed by atoms with Crippen molar-refractivity contribution in [2.24, 2.45) is 0 Å². The number of fused-ring (bicyclic) bond motifs is 1. The van der Waals surface area contributed by atoms with Crippen molar-refractivity contribution in [2.45, 2.75) is 10.1 Å². The van der Waals surface area contributed by atoms with Gasteiger partial charge in [-0.1, -0.05) is 0 Å². The summed E-state index contributed by atoms with van der Waals surface area (Å²) in [7, 11) is 0. The van der Waals surface area contributed by atoms with E-state index in [9.17, 15) is 4.79 Å². The highest BCUT2D eigenvalue weighted by molar-refractivity contribution is 9.10. The number of halogens is 1. The van der Waals surface area contributed by atoms with Gasteiger partial charge in [0.25, 0.3) is 0 Å². The Balaban J connectivity index is 2.07. The molecule has 0 amide bonds. The smallest absolute Gasteiger partial charge is 0.335 e. The molecule has 0 aliphatic carbocycles. The number of hydrogen-bond acceptors (Lipinski definition) is 5. The maximum Gasteiger partial charge on any atom is 0.335 e. The summed E-state index contributed by atoms with van der Waals surface area (Å²) in [5, 5.41) is 11.3. The minimum Gasteiger partial charge on any atom is -0.478 e. The number of carboxylic acid groups (broad SMARTS) is 1. The summed E-state index contributed by atoms with van der Waals surface area (Å²) in [5.74, 6) is -0.975. The molecule has 1 aromatic carbocycles. The van der Waals surface area contributed by atoms with Crippen LogP contribution < -0.4 is 0 Å². The van der Waals surface area contributed by atoms with Crippen LogP contribution in [0.15, 0.2) is 57.4 Å². The predicted molar refractivity (Wildman–Crippen MR) is 82.6 cm³/mol. The Morgan fingerprint density at radius 2 is 2.00 bits per heavy atom. The first-order chi connectivity index (χ1) is 10.1. The summed E-state index contributed by atoms with van der Waals surface area (Å²) >= 11 is 4.85. The fourth-order valence-electron chi connectivity index (χ4n) is 1.78. The highest BCUT2D eigenvalue weighted by Crippen LogP contribution is 2.33. The van der Waals surface area contributed by atoms with E-state index in [0.29, 0.717) is 5.52 Å². The highest BCUT2D eigenvalue weighted by Gasteiger charge is 2.11. The third-order valence-corrected chi connectivity index (χ3v) is 4.70. The van der Waals surface area contributed by atoms with Crippen molar-refractivity contribution in [2.75, 3.05) is 0 Å². The van der Waals surface area contributed by atoms with E-state index in [-0.39, 0.29) is 5.56 Å². The molecule has 3 rings (SSSR count). The molecule has 0 unspecified atom stereocenters. The molecule has 7 heteroatoms. The number of carbonyl (C=O) groups is 1. The van der Waals surface area contributed by atoms with Crippen LogP contribution in [-0.2, 0) is 0 Å². The Kier molecular flexibility index (Phi) is 3.85. The van der Waals surface area contributed by atoms with Gasteiger partial charge < -0.3 is 5.11 Å². The van der Waals surface area contributed by atoms with Crippen LogP contribution in [0.4, 0.5) is 0 Å². The van der Waals surface area contributed by atoms with Crippen molar-refractivity contribution in [3.8, 4) is 0 Å². The second-order valence-corrected chi connectivity index (χ2v) is 5.94. The van der Waals surface area contributed by atoms with E-state index in [1.54, 1.807) is 18.3 Å². The summed E-state index contributed by atoms with van der Waals surface area (Å²) < 4.78 is 0.879. The maximum absolute atomic E-state index is 11.0. The molecule has 1 N–H and O–H groups in total. The van der Waals surface area contributed by atoms with Crippen LogP contribution in [0.2, 0.25) is 0 Å². The predicted octanol–water partition coefficient (Wildman–Crippen LogP) is 3.64. The van der Waals surface area contributed by atoms with Gasteiger partial charge in [-0.25, -0.2) is 19.7 Å². The molecular formula is C14H8BrN3O2S. The molecule has 5 nitrogen and oxygen atoms in total. The number of hydrogen-bond donors (Lipinski definition) is 1. The maximum atomic E-state index is 11.0. The molecule has 0 saturated carbocycles. The Labute approximate surface area is 132 Å². The first-order valence-corrected chi connectivity index (χ1v) is 7.52. The summed E-state index contributed by atoms with van der Waals surface area (Å²) in [5.41, 5.74) is 0.802. The molecule has 0 fully saturated rings. The van der Waals surface area contributed by atoms with E-state index in [0.717, 1.165) is 19.9 Å². The van der Waals surface area contributed by atoms with E-state index >= 15 is 0 Å². The monoisotopic (exact) mass is 361 g/mol. The van der Waals surface area contributed by atoms with Crippen LogP contribution in [0, 0.1) is 0 Å². The van der Waals surface area contributed by atoms with E-state index in [1.165, 1.54) is 24.2 Å². The zero-order chi connectivity index (χ0) is 14.8. The molecule has 104 valence electrons. The third kappa shape index (κ3) is 2.88. The SMILES string of the molecule is O=C(O)c1ccc2c(Sc3ncccc3Br)ncnc2c1. The van der Waals surface area contributed by atoms with Crippen LogP contribution in [0.3, 0.4) is 0 Å². The number of pyridine rings is 1. The van der Waals surface area contributed by atoms with Gasteiger partial charge in [0.2, 0.25) is 0 Å². The first-order valence-electron chi connectivity index (χ1n) is 5.91. The molecule has 3 aromatic rings. The molecule has 0 aliphatic heterocycles. The lowest BCUT2D eigenvalue weighted by Gasteiger charge is -2.06. The quantitative estimate of drug-likeness (QED) is 0.717. The molecule has 0 atom stereocenters. The van der Waals surface area contributed by atoms with Crippen molar-refractivity contribution >= 4 is 44.6 Å². The van der Waals surface area contributed by atoms with Gasteiger partial charge in [-0.05, 0) is 58.0 Å². The van der Waals surface area contributed by atoms with Gasteiger partial charge in [0.15, 0.2) is 0 Å². The zero-order valence-corrected chi connectivity index (χ0v) is 12.9. The fraction of sp³-hybridized carbons (Fsp3) is 0. The minimum atomic E-state index is -0.975. The summed E-state index contributed by atoms with van der Waals surface area (Å²) in [4.78, 5) is 23.7. The van der Waals surface area contributed by atoms with Gasteiger partial charge >= 0.3 is 5.97 Å².